The monoisotopic (exact) mass is 306 g/mol. The predicted molar refractivity (Wildman–Crippen MR) is 66.1 cm³/mol. The van der Waals surface area contributed by atoms with Gasteiger partial charge in [-0.25, -0.2) is 18.7 Å². The number of aromatic carboxylic acids is 1. The summed E-state index contributed by atoms with van der Waals surface area (Å²) in [6, 6.07) is 2.57. The first kappa shape index (κ1) is 15.7. The summed E-state index contributed by atoms with van der Waals surface area (Å²) < 4.78 is 43.9. The molecule has 0 unspecified atom stereocenters. The molecule has 20 heavy (non-hydrogen) atoms. The molecule has 0 radical (unpaired) electrons. The number of benzene rings is 1. The summed E-state index contributed by atoms with van der Waals surface area (Å²) in [5.74, 6) is -2.57. The van der Waals surface area contributed by atoms with E-state index in [0.29, 0.717) is 0 Å². The molecule has 0 fully saturated rings. The molecule has 8 nitrogen and oxygen atoms in total. The van der Waals surface area contributed by atoms with E-state index in [-0.39, 0.29) is 12.3 Å². The number of amides is 1. The summed E-state index contributed by atoms with van der Waals surface area (Å²) in [6.07, 6.45) is -1.19. The van der Waals surface area contributed by atoms with Crippen molar-refractivity contribution in [3.05, 3.63) is 29.6 Å². The summed E-state index contributed by atoms with van der Waals surface area (Å²) in [5.41, 5.74) is -0.929. The minimum Gasteiger partial charge on any atom is -0.478 e. The molecule has 0 spiro atoms. The van der Waals surface area contributed by atoms with Gasteiger partial charge in [0.15, 0.2) is 0 Å². The molecule has 0 heterocycles. The second-order valence-corrected chi connectivity index (χ2v) is 4.84. The normalized spacial score (nSPS) is 10.7. The van der Waals surface area contributed by atoms with Crippen molar-refractivity contribution in [1.82, 2.24) is 4.72 Å². The topological polar surface area (TPSA) is 122 Å². The lowest BCUT2D eigenvalue weighted by Gasteiger charge is -2.09. The third kappa shape index (κ3) is 4.39. The van der Waals surface area contributed by atoms with E-state index in [1.165, 1.54) is 11.6 Å². The van der Waals surface area contributed by atoms with Gasteiger partial charge in [0, 0.05) is 0 Å². The van der Waals surface area contributed by atoms with E-state index in [1.807, 2.05) is 4.72 Å². The third-order valence-electron chi connectivity index (χ3n) is 1.94. The van der Waals surface area contributed by atoms with Crippen LogP contribution < -0.4 is 9.44 Å². The average Bonchev–Trinajstić information content (AvgIpc) is 2.30. The Kier molecular flexibility index (Phi) is 4.86. The standard InChI is InChI=1S/C10H11FN2O6S/c1-2-19-10(16)13-20(17,18)12-6-3-4-8(11)7(5-6)9(14)15/h3-5,12H,2H2,1H3,(H,13,16)(H,14,15). The number of ether oxygens (including phenoxy) is 1. The SMILES string of the molecule is CCOC(=O)NS(=O)(=O)Nc1ccc(F)c(C(=O)O)c1. The highest BCUT2D eigenvalue weighted by molar-refractivity contribution is 7.91. The number of rotatable bonds is 5. The fourth-order valence-corrected chi connectivity index (χ4v) is 1.97. The maximum Gasteiger partial charge on any atom is 0.422 e. The summed E-state index contributed by atoms with van der Waals surface area (Å²) in [4.78, 5) is 21.7. The Hall–Kier alpha value is -2.36. The van der Waals surface area contributed by atoms with Gasteiger partial charge < -0.3 is 9.84 Å². The fraction of sp³-hybridized carbons (Fsp3) is 0.200. The van der Waals surface area contributed by atoms with Crippen molar-refractivity contribution in [3.8, 4) is 0 Å². The number of anilines is 1. The first-order valence-electron chi connectivity index (χ1n) is 5.25. The number of nitrogens with one attached hydrogen (secondary N) is 2. The summed E-state index contributed by atoms with van der Waals surface area (Å²) in [7, 11) is -4.30. The van der Waals surface area contributed by atoms with Crippen molar-refractivity contribution in [1.29, 1.82) is 0 Å². The minimum absolute atomic E-state index is 0.0267. The van der Waals surface area contributed by atoms with Crippen LogP contribution in [0.1, 0.15) is 17.3 Å². The lowest BCUT2D eigenvalue weighted by atomic mass is 10.2. The Balaban J connectivity index is 2.90. The number of carbonyl (C=O) groups excluding carboxylic acids is 1. The Labute approximate surface area is 113 Å². The van der Waals surface area contributed by atoms with Crippen LogP contribution in [0.2, 0.25) is 0 Å². The van der Waals surface area contributed by atoms with E-state index in [9.17, 15) is 22.4 Å². The van der Waals surface area contributed by atoms with Crippen molar-refractivity contribution in [2.75, 3.05) is 11.3 Å². The smallest absolute Gasteiger partial charge is 0.422 e. The van der Waals surface area contributed by atoms with Crippen LogP contribution in [0.25, 0.3) is 0 Å². The highest BCUT2D eigenvalue weighted by atomic mass is 32.2. The Morgan fingerprint density at radius 1 is 1.40 bits per heavy atom. The largest absolute Gasteiger partial charge is 0.478 e. The molecule has 0 aliphatic heterocycles. The van der Waals surface area contributed by atoms with Crippen LogP contribution in [0.4, 0.5) is 14.9 Å². The minimum atomic E-state index is -4.30. The van der Waals surface area contributed by atoms with Gasteiger partial charge in [0.05, 0.1) is 17.9 Å². The van der Waals surface area contributed by atoms with Crippen LogP contribution in [0.3, 0.4) is 0 Å². The first-order valence-corrected chi connectivity index (χ1v) is 6.73. The van der Waals surface area contributed by atoms with Gasteiger partial charge in [0.1, 0.15) is 5.82 Å². The molecule has 3 N–H and O–H groups in total. The van der Waals surface area contributed by atoms with Crippen LogP contribution in [-0.4, -0.2) is 32.2 Å². The molecule has 10 heteroatoms. The third-order valence-corrected chi connectivity index (χ3v) is 2.88. The van der Waals surface area contributed by atoms with E-state index in [1.54, 1.807) is 0 Å². The molecule has 1 rings (SSSR count). The molecule has 0 atom stereocenters. The zero-order valence-electron chi connectivity index (χ0n) is 10.2. The van der Waals surface area contributed by atoms with E-state index in [0.717, 1.165) is 18.2 Å². The average molecular weight is 306 g/mol. The molecule has 0 saturated carbocycles. The lowest BCUT2D eigenvalue weighted by Crippen LogP contribution is -2.35. The molecular formula is C10H11FN2O6S. The number of halogens is 1. The molecule has 0 saturated heterocycles. The maximum absolute atomic E-state index is 13.1. The number of carbonyl (C=O) groups is 2. The molecular weight excluding hydrogens is 295 g/mol. The summed E-state index contributed by atoms with van der Waals surface area (Å²) >= 11 is 0. The van der Waals surface area contributed by atoms with Gasteiger partial charge in [-0.3, -0.25) is 4.72 Å². The van der Waals surface area contributed by atoms with Crippen molar-refractivity contribution in [2.24, 2.45) is 0 Å². The van der Waals surface area contributed by atoms with E-state index < -0.39 is 33.7 Å². The van der Waals surface area contributed by atoms with Crippen molar-refractivity contribution >= 4 is 28.0 Å². The van der Waals surface area contributed by atoms with Crippen LogP contribution in [-0.2, 0) is 14.9 Å². The Morgan fingerprint density at radius 2 is 2.05 bits per heavy atom. The van der Waals surface area contributed by atoms with E-state index >= 15 is 0 Å². The fourth-order valence-electron chi connectivity index (χ4n) is 1.20. The predicted octanol–water partition coefficient (Wildman–Crippen LogP) is 0.927. The number of hydrogen-bond acceptors (Lipinski definition) is 5. The summed E-state index contributed by atoms with van der Waals surface area (Å²) in [6.45, 7) is 1.46. The Bertz CT molecular complexity index is 631. The molecule has 0 bridgehead atoms. The summed E-state index contributed by atoms with van der Waals surface area (Å²) in [5, 5.41) is 8.70. The number of carboxylic acids is 1. The van der Waals surface area contributed by atoms with Gasteiger partial charge in [-0.1, -0.05) is 0 Å². The van der Waals surface area contributed by atoms with Gasteiger partial charge >= 0.3 is 22.3 Å². The van der Waals surface area contributed by atoms with Gasteiger partial charge in [-0.05, 0) is 25.1 Å². The van der Waals surface area contributed by atoms with Crippen LogP contribution in [0.5, 0.6) is 0 Å². The number of carboxylic acid groups (broad SMARTS) is 1. The second-order valence-electron chi connectivity index (χ2n) is 3.43. The molecule has 1 aromatic carbocycles. The van der Waals surface area contributed by atoms with Crippen LogP contribution >= 0.6 is 0 Å². The quantitative estimate of drug-likeness (QED) is 0.743. The highest BCUT2D eigenvalue weighted by Gasteiger charge is 2.17. The van der Waals surface area contributed by atoms with Crippen LogP contribution in [0.15, 0.2) is 18.2 Å². The van der Waals surface area contributed by atoms with Gasteiger partial charge in [0.25, 0.3) is 0 Å². The molecule has 110 valence electrons. The molecule has 1 aromatic rings. The first-order chi connectivity index (χ1) is 9.25. The second kappa shape index (κ2) is 6.19. The lowest BCUT2D eigenvalue weighted by molar-refractivity contribution is 0.0692. The number of hydrogen-bond donors (Lipinski definition) is 3. The van der Waals surface area contributed by atoms with Crippen LogP contribution in [0, 0.1) is 5.82 Å². The molecule has 0 aliphatic carbocycles. The van der Waals surface area contributed by atoms with Crippen molar-refractivity contribution in [2.45, 2.75) is 6.92 Å². The maximum atomic E-state index is 13.1. The van der Waals surface area contributed by atoms with Gasteiger partial charge in [0.2, 0.25) is 0 Å². The van der Waals surface area contributed by atoms with E-state index in [2.05, 4.69) is 4.74 Å². The highest BCUT2D eigenvalue weighted by Crippen LogP contribution is 2.15. The van der Waals surface area contributed by atoms with Gasteiger partial charge in [-0.15, -0.1) is 0 Å². The van der Waals surface area contributed by atoms with Crippen molar-refractivity contribution in [3.63, 3.8) is 0 Å². The van der Waals surface area contributed by atoms with Gasteiger partial charge in [-0.2, -0.15) is 8.42 Å². The Morgan fingerprint density at radius 3 is 2.60 bits per heavy atom. The van der Waals surface area contributed by atoms with E-state index in [4.69, 9.17) is 5.11 Å². The molecule has 0 aromatic heterocycles. The molecule has 0 aliphatic rings. The van der Waals surface area contributed by atoms with Crippen molar-refractivity contribution < 1.29 is 32.2 Å². The zero-order valence-corrected chi connectivity index (χ0v) is 11.0. The zero-order chi connectivity index (χ0) is 15.3. The molecule has 1 amide bonds.